The predicted molar refractivity (Wildman–Crippen MR) is 98.9 cm³/mol. The molecule has 0 unspecified atom stereocenters. The Bertz CT molecular complexity index is 571. The van der Waals surface area contributed by atoms with Crippen LogP contribution in [0.4, 0.5) is 0 Å². The van der Waals surface area contributed by atoms with Crippen LogP contribution in [0.3, 0.4) is 0 Å². The smallest absolute Gasteiger partial charge is 0.250 e. The first-order valence-electron chi connectivity index (χ1n) is 10.1. The lowest BCUT2D eigenvalue weighted by molar-refractivity contribution is -0.144. The monoisotopic (exact) mass is 361 g/mol. The molecule has 7 nitrogen and oxygen atoms in total. The van der Waals surface area contributed by atoms with Crippen molar-refractivity contribution in [1.29, 1.82) is 0 Å². The Hall–Kier alpha value is -1.44. The van der Waals surface area contributed by atoms with Gasteiger partial charge in [0.15, 0.2) is 0 Å². The van der Waals surface area contributed by atoms with Crippen LogP contribution >= 0.6 is 0 Å². The molecule has 26 heavy (non-hydrogen) atoms. The van der Waals surface area contributed by atoms with E-state index in [0.29, 0.717) is 5.92 Å². The van der Waals surface area contributed by atoms with Crippen molar-refractivity contribution in [3.63, 3.8) is 0 Å². The summed E-state index contributed by atoms with van der Waals surface area (Å²) in [5, 5.41) is 7.83. The van der Waals surface area contributed by atoms with Crippen molar-refractivity contribution in [1.82, 2.24) is 24.9 Å². The van der Waals surface area contributed by atoms with Crippen molar-refractivity contribution >= 4 is 5.91 Å². The molecule has 7 heteroatoms. The standard InChI is InChI=1S/C19H31N5O2/c25-18(19(4-7-20-8-5-19)24-9-1-6-21-24)23-10-2-17(3-11-23)16-22-12-14-26-15-13-22/h1,6,9,17,20H,2-5,7-8,10-16H2. The highest BCUT2D eigenvalue weighted by Gasteiger charge is 2.45. The largest absolute Gasteiger partial charge is 0.379 e. The molecule has 0 bridgehead atoms. The van der Waals surface area contributed by atoms with E-state index in [0.717, 1.165) is 84.7 Å². The van der Waals surface area contributed by atoms with Crippen LogP contribution in [0.25, 0.3) is 0 Å². The van der Waals surface area contributed by atoms with Gasteiger partial charge in [0.2, 0.25) is 0 Å². The number of rotatable bonds is 4. The molecule has 0 radical (unpaired) electrons. The number of nitrogens with zero attached hydrogens (tertiary/aromatic N) is 4. The molecule has 3 fully saturated rings. The summed E-state index contributed by atoms with van der Waals surface area (Å²) >= 11 is 0. The maximum Gasteiger partial charge on any atom is 0.250 e. The van der Waals surface area contributed by atoms with E-state index in [1.165, 1.54) is 0 Å². The minimum Gasteiger partial charge on any atom is -0.379 e. The van der Waals surface area contributed by atoms with Crippen molar-refractivity contribution in [2.75, 3.05) is 59.0 Å². The van der Waals surface area contributed by atoms with Gasteiger partial charge in [-0.25, -0.2) is 0 Å². The minimum atomic E-state index is -0.494. The van der Waals surface area contributed by atoms with Gasteiger partial charge in [-0.05, 0) is 50.8 Å². The molecule has 3 saturated heterocycles. The second-order valence-electron chi connectivity index (χ2n) is 7.88. The van der Waals surface area contributed by atoms with E-state index in [4.69, 9.17) is 4.74 Å². The predicted octanol–water partition coefficient (Wildman–Crippen LogP) is 0.533. The van der Waals surface area contributed by atoms with Crippen LogP contribution in [0.5, 0.6) is 0 Å². The van der Waals surface area contributed by atoms with Gasteiger partial charge in [-0.2, -0.15) is 5.10 Å². The Labute approximate surface area is 155 Å². The molecule has 4 rings (SSSR count). The van der Waals surface area contributed by atoms with Crippen LogP contribution in [0.1, 0.15) is 25.7 Å². The van der Waals surface area contributed by atoms with Gasteiger partial charge in [0.1, 0.15) is 5.54 Å². The molecule has 1 aromatic rings. The summed E-state index contributed by atoms with van der Waals surface area (Å²) in [5.74, 6) is 0.971. The van der Waals surface area contributed by atoms with Crippen LogP contribution < -0.4 is 5.32 Å². The summed E-state index contributed by atoms with van der Waals surface area (Å²) in [6.07, 6.45) is 7.59. The van der Waals surface area contributed by atoms with Gasteiger partial charge in [0.05, 0.1) is 13.2 Å². The molecule has 0 saturated carbocycles. The molecular weight excluding hydrogens is 330 g/mol. The highest BCUT2D eigenvalue weighted by Crippen LogP contribution is 2.31. The summed E-state index contributed by atoms with van der Waals surface area (Å²) in [7, 11) is 0. The summed E-state index contributed by atoms with van der Waals surface area (Å²) in [4.78, 5) is 18.1. The molecule has 1 aromatic heterocycles. The highest BCUT2D eigenvalue weighted by atomic mass is 16.5. The summed E-state index contributed by atoms with van der Waals surface area (Å²) in [6, 6.07) is 1.92. The van der Waals surface area contributed by atoms with Gasteiger partial charge in [-0.1, -0.05) is 0 Å². The zero-order chi connectivity index (χ0) is 17.8. The fourth-order valence-corrected chi connectivity index (χ4v) is 4.67. The van der Waals surface area contributed by atoms with E-state index >= 15 is 0 Å². The third-order valence-electron chi connectivity index (χ3n) is 6.29. The van der Waals surface area contributed by atoms with Gasteiger partial charge in [-0.3, -0.25) is 14.4 Å². The quantitative estimate of drug-likeness (QED) is 0.848. The zero-order valence-electron chi connectivity index (χ0n) is 15.6. The molecular formula is C19H31N5O2. The van der Waals surface area contributed by atoms with E-state index < -0.39 is 5.54 Å². The average molecular weight is 361 g/mol. The summed E-state index contributed by atoms with van der Waals surface area (Å²) < 4.78 is 7.36. The molecule has 0 spiro atoms. The van der Waals surface area contributed by atoms with Gasteiger partial charge < -0.3 is 15.0 Å². The lowest BCUT2D eigenvalue weighted by Gasteiger charge is -2.43. The fraction of sp³-hybridized carbons (Fsp3) is 0.789. The van der Waals surface area contributed by atoms with Crippen molar-refractivity contribution in [2.24, 2.45) is 5.92 Å². The Balaban J connectivity index is 1.37. The van der Waals surface area contributed by atoms with E-state index in [1.807, 2.05) is 16.9 Å². The third-order valence-corrected chi connectivity index (χ3v) is 6.29. The van der Waals surface area contributed by atoms with Crippen molar-refractivity contribution in [3.8, 4) is 0 Å². The second kappa shape index (κ2) is 8.06. The number of likely N-dealkylation sites (tertiary alicyclic amines) is 1. The molecule has 0 aromatic carbocycles. The molecule has 144 valence electrons. The number of amides is 1. The molecule has 0 aliphatic carbocycles. The molecule has 0 atom stereocenters. The van der Waals surface area contributed by atoms with E-state index in [2.05, 4.69) is 20.2 Å². The molecule has 1 amide bonds. The third kappa shape index (κ3) is 3.66. The second-order valence-corrected chi connectivity index (χ2v) is 7.88. The maximum absolute atomic E-state index is 13.5. The van der Waals surface area contributed by atoms with Crippen molar-refractivity contribution in [3.05, 3.63) is 18.5 Å². The molecule has 3 aliphatic heterocycles. The van der Waals surface area contributed by atoms with E-state index in [-0.39, 0.29) is 5.91 Å². The van der Waals surface area contributed by atoms with E-state index in [9.17, 15) is 4.79 Å². The number of hydrogen-bond acceptors (Lipinski definition) is 5. The number of hydrogen-bond donors (Lipinski definition) is 1. The average Bonchev–Trinajstić information content (AvgIpc) is 3.25. The highest BCUT2D eigenvalue weighted by molar-refractivity contribution is 5.84. The Morgan fingerprint density at radius 1 is 1.15 bits per heavy atom. The topological polar surface area (TPSA) is 62.6 Å². The Kier molecular flexibility index (Phi) is 5.57. The Morgan fingerprint density at radius 2 is 1.88 bits per heavy atom. The van der Waals surface area contributed by atoms with Crippen LogP contribution in [-0.2, 0) is 15.1 Å². The van der Waals surface area contributed by atoms with Gasteiger partial charge in [-0.15, -0.1) is 0 Å². The lowest BCUT2D eigenvalue weighted by Crippen LogP contribution is -2.57. The maximum atomic E-state index is 13.5. The van der Waals surface area contributed by atoms with Gasteiger partial charge >= 0.3 is 0 Å². The first-order valence-corrected chi connectivity index (χ1v) is 10.1. The number of piperidine rings is 2. The lowest BCUT2D eigenvalue weighted by atomic mass is 9.85. The molecule has 4 heterocycles. The van der Waals surface area contributed by atoms with Crippen molar-refractivity contribution in [2.45, 2.75) is 31.2 Å². The SMILES string of the molecule is O=C(N1CCC(CN2CCOCC2)CC1)C1(n2cccn2)CCNCC1. The zero-order valence-corrected chi connectivity index (χ0v) is 15.6. The summed E-state index contributed by atoms with van der Waals surface area (Å²) in [6.45, 7) is 8.48. The number of ether oxygens (including phenoxy) is 1. The summed E-state index contributed by atoms with van der Waals surface area (Å²) in [5.41, 5.74) is -0.494. The molecule has 1 N–H and O–H groups in total. The number of aromatic nitrogens is 2. The van der Waals surface area contributed by atoms with Crippen LogP contribution in [0, 0.1) is 5.92 Å². The number of carbonyl (C=O) groups excluding carboxylic acids is 1. The van der Waals surface area contributed by atoms with Gasteiger partial charge in [0, 0.05) is 45.1 Å². The Morgan fingerprint density at radius 3 is 2.54 bits per heavy atom. The van der Waals surface area contributed by atoms with Crippen molar-refractivity contribution < 1.29 is 9.53 Å². The minimum absolute atomic E-state index is 0.271. The van der Waals surface area contributed by atoms with Crippen LogP contribution in [0.2, 0.25) is 0 Å². The first kappa shape index (κ1) is 17.9. The molecule has 3 aliphatic rings. The van der Waals surface area contributed by atoms with Crippen LogP contribution in [0.15, 0.2) is 18.5 Å². The number of morpholine rings is 1. The van der Waals surface area contributed by atoms with Gasteiger partial charge in [0.25, 0.3) is 5.91 Å². The van der Waals surface area contributed by atoms with Crippen LogP contribution in [-0.4, -0.2) is 84.5 Å². The first-order chi connectivity index (χ1) is 12.8. The number of carbonyl (C=O) groups is 1. The number of nitrogens with one attached hydrogen (secondary N) is 1. The normalized spacial score (nSPS) is 25.3. The van der Waals surface area contributed by atoms with E-state index in [1.54, 1.807) is 6.20 Å². The fourth-order valence-electron chi connectivity index (χ4n) is 4.67.